The fraction of sp³-hybridized carbons (Fsp3) is 0.267. The van der Waals surface area contributed by atoms with E-state index in [2.05, 4.69) is 29.4 Å². The minimum Gasteiger partial charge on any atom is -0.396 e. The van der Waals surface area contributed by atoms with Gasteiger partial charge in [0.15, 0.2) is 0 Å². The second-order valence-corrected chi connectivity index (χ2v) is 4.37. The summed E-state index contributed by atoms with van der Waals surface area (Å²) in [7, 11) is 0. The van der Waals surface area contributed by atoms with Gasteiger partial charge in [0.25, 0.3) is 0 Å². The van der Waals surface area contributed by atoms with E-state index in [4.69, 9.17) is 5.73 Å². The molecule has 0 aliphatic rings. The van der Waals surface area contributed by atoms with Crippen molar-refractivity contribution in [2.45, 2.75) is 26.3 Å². The lowest BCUT2D eigenvalue weighted by molar-refractivity contribution is 0.914. The molecule has 0 radical (unpaired) electrons. The van der Waals surface area contributed by atoms with Crippen LogP contribution in [0, 0.1) is 0 Å². The summed E-state index contributed by atoms with van der Waals surface area (Å²) >= 11 is 0. The van der Waals surface area contributed by atoms with Crippen molar-refractivity contribution in [3.63, 3.8) is 0 Å². The first-order valence-corrected chi connectivity index (χ1v) is 6.31. The summed E-state index contributed by atoms with van der Waals surface area (Å²) in [4.78, 5) is 4.38. The van der Waals surface area contributed by atoms with Crippen LogP contribution in [-0.2, 0) is 13.0 Å². The lowest BCUT2D eigenvalue weighted by atomic mass is 10.1. The van der Waals surface area contributed by atoms with Crippen LogP contribution in [0.5, 0.6) is 0 Å². The van der Waals surface area contributed by atoms with Gasteiger partial charge in [0.1, 0.15) is 5.82 Å². The number of rotatable bonds is 5. The van der Waals surface area contributed by atoms with E-state index in [1.165, 1.54) is 11.1 Å². The average molecular weight is 241 g/mol. The predicted molar refractivity (Wildman–Crippen MR) is 76.4 cm³/mol. The molecule has 1 aromatic carbocycles. The predicted octanol–water partition coefficient (Wildman–Crippen LogP) is 3.23. The fourth-order valence-corrected chi connectivity index (χ4v) is 1.88. The second kappa shape index (κ2) is 6.05. The maximum absolute atomic E-state index is 5.99. The van der Waals surface area contributed by atoms with Crippen molar-refractivity contribution in [2.24, 2.45) is 0 Å². The lowest BCUT2D eigenvalue weighted by Gasteiger charge is -2.09. The van der Waals surface area contributed by atoms with Gasteiger partial charge in [-0.15, -0.1) is 0 Å². The third kappa shape index (κ3) is 3.23. The number of nitrogens with zero attached hydrogens (tertiary/aromatic N) is 1. The van der Waals surface area contributed by atoms with Gasteiger partial charge < -0.3 is 11.1 Å². The maximum atomic E-state index is 5.99. The van der Waals surface area contributed by atoms with E-state index < -0.39 is 0 Å². The van der Waals surface area contributed by atoms with Gasteiger partial charge in [-0.1, -0.05) is 43.7 Å². The minimum atomic E-state index is 0.719. The summed E-state index contributed by atoms with van der Waals surface area (Å²) in [5.74, 6) is 0.763. The highest BCUT2D eigenvalue weighted by Gasteiger charge is 2.02. The monoisotopic (exact) mass is 241 g/mol. The molecular weight excluding hydrogens is 222 g/mol. The molecule has 1 aromatic heterocycles. The van der Waals surface area contributed by atoms with Crippen LogP contribution in [0.2, 0.25) is 0 Å². The van der Waals surface area contributed by atoms with E-state index in [1.54, 1.807) is 0 Å². The number of benzene rings is 1. The van der Waals surface area contributed by atoms with Crippen molar-refractivity contribution in [3.8, 4) is 0 Å². The molecule has 94 valence electrons. The zero-order valence-electron chi connectivity index (χ0n) is 10.7. The molecule has 0 unspecified atom stereocenters. The number of anilines is 2. The third-order valence-electron chi connectivity index (χ3n) is 2.82. The topological polar surface area (TPSA) is 50.9 Å². The standard InChI is InChI=1S/C15H19N3/c1-2-6-13-9-14(16)15(18-11-13)17-10-12-7-4-3-5-8-12/h3-5,7-9,11H,2,6,10,16H2,1H3,(H,17,18). The average Bonchev–Trinajstić information content (AvgIpc) is 2.39. The fourth-order valence-electron chi connectivity index (χ4n) is 1.88. The number of hydrogen-bond acceptors (Lipinski definition) is 3. The van der Waals surface area contributed by atoms with Gasteiger partial charge in [0.05, 0.1) is 5.69 Å². The van der Waals surface area contributed by atoms with E-state index in [9.17, 15) is 0 Å². The Morgan fingerprint density at radius 1 is 1.17 bits per heavy atom. The summed E-state index contributed by atoms with van der Waals surface area (Å²) in [6, 6.07) is 12.2. The molecule has 0 amide bonds. The van der Waals surface area contributed by atoms with E-state index in [1.807, 2.05) is 30.5 Å². The highest BCUT2D eigenvalue weighted by molar-refractivity contribution is 5.61. The Morgan fingerprint density at radius 2 is 1.94 bits per heavy atom. The van der Waals surface area contributed by atoms with Crippen molar-refractivity contribution in [1.29, 1.82) is 0 Å². The minimum absolute atomic E-state index is 0.719. The van der Waals surface area contributed by atoms with Crippen LogP contribution < -0.4 is 11.1 Å². The van der Waals surface area contributed by atoms with Gasteiger partial charge in [-0.05, 0) is 23.6 Å². The van der Waals surface area contributed by atoms with Gasteiger partial charge >= 0.3 is 0 Å². The molecule has 0 saturated carbocycles. The summed E-state index contributed by atoms with van der Waals surface area (Å²) in [6.45, 7) is 2.89. The SMILES string of the molecule is CCCc1cnc(NCc2ccccc2)c(N)c1. The Hall–Kier alpha value is -2.03. The van der Waals surface area contributed by atoms with Crippen LogP contribution in [0.3, 0.4) is 0 Å². The zero-order chi connectivity index (χ0) is 12.8. The number of nitrogens with two attached hydrogens (primary N) is 1. The first-order valence-electron chi connectivity index (χ1n) is 6.31. The van der Waals surface area contributed by atoms with Gasteiger partial charge in [-0.2, -0.15) is 0 Å². The Kier molecular flexibility index (Phi) is 4.18. The number of nitrogens with one attached hydrogen (secondary N) is 1. The van der Waals surface area contributed by atoms with Crippen LogP contribution in [0.25, 0.3) is 0 Å². The highest BCUT2D eigenvalue weighted by atomic mass is 15.0. The first-order chi connectivity index (χ1) is 8.79. The molecule has 2 aromatic rings. The van der Waals surface area contributed by atoms with Crippen molar-refractivity contribution < 1.29 is 0 Å². The van der Waals surface area contributed by atoms with E-state index in [0.29, 0.717) is 0 Å². The quantitative estimate of drug-likeness (QED) is 0.845. The summed E-state index contributed by atoms with van der Waals surface area (Å²) in [5.41, 5.74) is 9.12. The second-order valence-electron chi connectivity index (χ2n) is 4.37. The largest absolute Gasteiger partial charge is 0.396 e. The molecule has 0 atom stereocenters. The molecule has 0 aliphatic carbocycles. The van der Waals surface area contributed by atoms with Crippen LogP contribution >= 0.6 is 0 Å². The van der Waals surface area contributed by atoms with Gasteiger partial charge in [0.2, 0.25) is 0 Å². The molecule has 0 saturated heterocycles. The number of pyridine rings is 1. The molecular formula is C15H19N3. The van der Waals surface area contributed by atoms with Crippen LogP contribution in [0.4, 0.5) is 11.5 Å². The zero-order valence-corrected chi connectivity index (χ0v) is 10.7. The summed E-state index contributed by atoms with van der Waals surface area (Å²) < 4.78 is 0. The van der Waals surface area contributed by atoms with Crippen LogP contribution in [-0.4, -0.2) is 4.98 Å². The molecule has 1 heterocycles. The Bertz CT molecular complexity index is 494. The molecule has 0 aliphatic heterocycles. The summed E-state index contributed by atoms with van der Waals surface area (Å²) in [5, 5.41) is 3.26. The van der Waals surface area contributed by atoms with Crippen LogP contribution in [0.1, 0.15) is 24.5 Å². The van der Waals surface area contributed by atoms with Crippen molar-refractivity contribution in [1.82, 2.24) is 4.98 Å². The molecule has 0 spiro atoms. The number of aryl methyl sites for hydroxylation is 1. The van der Waals surface area contributed by atoms with Crippen molar-refractivity contribution >= 4 is 11.5 Å². The molecule has 2 rings (SSSR count). The van der Waals surface area contributed by atoms with Crippen molar-refractivity contribution in [2.75, 3.05) is 11.1 Å². The van der Waals surface area contributed by atoms with Gasteiger partial charge in [-0.25, -0.2) is 4.98 Å². The number of hydrogen-bond donors (Lipinski definition) is 2. The van der Waals surface area contributed by atoms with Gasteiger partial charge in [-0.3, -0.25) is 0 Å². The maximum Gasteiger partial charge on any atom is 0.149 e. The molecule has 0 bridgehead atoms. The van der Waals surface area contributed by atoms with Crippen molar-refractivity contribution in [3.05, 3.63) is 53.7 Å². The molecule has 3 nitrogen and oxygen atoms in total. The smallest absolute Gasteiger partial charge is 0.149 e. The Balaban J connectivity index is 2.01. The number of aromatic nitrogens is 1. The molecule has 0 fully saturated rings. The summed E-state index contributed by atoms with van der Waals surface area (Å²) in [6.07, 6.45) is 4.03. The number of nitrogen functional groups attached to an aromatic ring is 1. The van der Waals surface area contributed by atoms with E-state index in [-0.39, 0.29) is 0 Å². The normalized spacial score (nSPS) is 10.3. The molecule has 3 heteroatoms. The lowest BCUT2D eigenvalue weighted by Crippen LogP contribution is -2.05. The van der Waals surface area contributed by atoms with Crippen LogP contribution in [0.15, 0.2) is 42.6 Å². The Morgan fingerprint density at radius 3 is 2.61 bits per heavy atom. The Labute approximate surface area is 108 Å². The highest BCUT2D eigenvalue weighted by Crippen LogP contribution is 2.18. The van der Waals surface area contributed by atoms with E-state index in [0.717, 1.165) is 30.9 Å². The van der Waals surface area contributed by atoms with E-state index >= 15 is 0 Å². The third-order valence-corrected chi connectivity index (χ3v) is 2.82. The molecule has 3 N–H and O–H groups in total. The first kappa shape index (κ1) is 12.4. The van der Waals surface area contributed by atoms with Gasteiger partial charge in [0, 0.05) is 12.7 Å². The molecule has 18 heavy (non-hydrogen) atoms.